The highest BCUT2D eigenvalue weighted by Crippen LogP contribution is 2.22. The third-order valence-electron chi connectivity index (χ3n) is 3.44. The van der Waals surface area contributed by atoms with E-state index in [0.717, 1.165) is 25.5 Å². The van der Waals surface area contributed by atoms with Gasteiger partial charge in [0.15, 0.2) is 6.20 Å². The van der Waals surface area contributed by atoms with Crippen molar-refractivity contribution in [3.8, 4) is 0 Å². The Kier molecular flexibility index (Phi) is 4.19. The van der Waals surface area contributed by atoms with Gasteiger partial charge in [-0.3, -0.25) is 4.79 Å². The van der Waals surface area contributed by atoms with Gasteiger partial charge >= 0.3 is 14.1 Å². The Morgan fingerprint density at radius 1 is 1.50 bits per heavy atom. The summed E-state index contributed by atoms with van der Waals surface area (Å²) >= 11 is 0. The van der Waals surface area contributed by atoms with Crippen molar-refractivity contribution in [2.24, 2.45) is 0 Å². The molecular formula is C12H15ClN2O4S. The minimum atomic E-state index is -4.29. The number of amides is 1. The Bertz CT molecular complexity index is 632. The molecule has 1 aliphatic heterocycles. The standard InChI is InChI=1S/C12H15ClN2O4S/c1-9-5-2-3-7-14(9)11(16)10-6-4-8-15(17)12(10)20(13,18)19/h4,6,8-9H,2-3,5,7H2,1H3/t9-/m1/s1. The lowest BCUT2D eigenvalue weighted by atomic mass is 10.0. The molecule has 1 saturated heterocycles. The van der Waals surface area contributed by atoms with Crippen LogP contribution in [0.2, 0.25) is 0 Å². The van der Waals surface area contributed by atoms with Crippen LogP contribution >= 0.6 is 10.7 Å². The van der Waals surface area contributed by atoms with Gasteiger partial charge in [-0.05, 0) is 32.3 Å². The van der Waals surface area contributed by atoms with Crippen LogP contribution in [0.3, 0.4) is 0 Å². The molecule has 1 aromatic heterocycles. The van der Waals surface area contributed by atoms with Crippen molar-refractivity contribution < 1.29 is 17.9 Å². The van der Waals surface area contributed by atoms with Gasteiger partial charge < -0.3 is 10.1 Å². The predicted molar refractivity (Wildman–Crippen MR) is 72.8 cm³/mol. The quantitative estimate of drug-likeness (QED) is 0.467. The summed E-state index contributed by atoms with van der Waals surface area (Å²) in [5.41, 5.74) is -0.175. The molecule has 0 N–H and O–H groups in total. The summed E-state index contributed by atoms with van der Waals surface area (Å²) in [5.74, 6) is -0.471. The average molecular weight is 319 g/mol. The molecule has 0 spiro atoms. The van der Waals surface area contributed by atoms with E-state index in [0.29, 0.717) is 6.54 Å². The van der Waals surface area contributed by atoms with E-state index in [1.165, 1.54) is 12.1 Å². The molecule has 1 aromatic rings. The normalized spacial score (nSPS) is 19.9. The molecule has 0 aromatic carbocycles. The van der Waals surface area contributed by atoms with Crippen molar-refractivity contribution in [3.05, 3.63) is 29.1 Å². The maximum Gasteiger partial charge on any atom is 0.336 e. The Morgan fingerprint density at radius 3 is 2.80 bits per heavy atom. The molecule has 1 amide bonds. The number of pyridine rings is 1. The molecule has 1 fully saturated rings. The number of aromatic nitrogens is 1. The summed E-state index contributed by atoms with van der Waals surface area (Å²) in [6, 6.07) is 2.66. The largest absolute Gasteiger partial charge is 0.618 e. The maximum atomic E-state index is 12.5. The van der Waals surface area contributed by atoms with Crippen LogP contribution < -0.4 is 4.73 Å². The van der Waals surface area contributed by atoms with Crippen LogP contribution in [0.25, 0.3) is 0 Å². The molecule has 0 unspecified atom stereocenters. The van der Waals surface area contributed by atoms with Gasteiger partial charge in [0.05, 0.1) is 0 Å². The van der Waals surface area contributed by atoms with Gasteiger partial charge in [-0.2, -0.15) is 4.73 Å². The van der Waals surface area contributed by atoms with Crippen LogP contribution in [0.4, 0.5) is 0 Å². The second-order valence-electron chi connectivity index (χ2n) is 4.83. The average Bonchev–Trinajstić information content (AvgIpc) is 2.36. The van der Waals surface area contributed by atoms with Crippen LogP contribution in [-0.2, 0) is 9.05 Å². The van der Waals surface area contributed by atoms with Gasteiger partial charge in [-0.1, -0.05) is 0 Å². The van der Waals surface area contributed by atoms with Gasteiger partial charge in [0, 0.05) is 29.3 Å². The zero-order valence-corrected chi connectivity index (χ0v) is 12.5. The molecule has 1 aliphatic rings. The number of halogens is 1. The van der Waals surface area contributed by atoms with Crippen LogP contribution in [0, 0.1) is 5.21 Å². The lowest BCUT2D eigenvalue weighted by Gasteiger charge is -2.33. The van der Waals surface area contributed by atoms with Crippen molar-refractivity contribution in [1.82, 2.24) is 4.90 Å². The molecule has 0 radical (unpaired) electrons. The Hall–Kier alpha value is -1.34. The summed E-state index contributed by atoms with van der Waals surface area (Å²) in [7, 11) is 0.979. The third-order valence-corrected chi connectivity index (χ3v) is 4.74. The number of rotatable bonds is 2. The van der Waals surface area contributed by atoms with Gasteiger partial charge in [0.1, 0.15) is 5.56 Å². The Labute approximate surface area is 122 Å². The number of hydrogen-bond acceptors (Lipinski definition) is 4. The number of carbonyl (C=O) groups excluding carboxylic acids is 1. The monoisotopic (exact) mass is 318 g/mol. The van der Waals surface area contributed by atoms with E-state index in [1.54, 1.807) is 4.90 Å². The van der Waals surface area contributed by atoms with Crippen LogP contribution in [-0.4, -0.2) is 31.8 Å². The molecule has 0 saturated carbocycles. The van der Waals surface area contributed by atoms with Crippen LogP contribution in [0.15, 0.2) is 23.4 Å². The fraction of sp³-hybridized carbons (Fsp3) is 0.500. The topological polar surface area (TPSA) is 81.4 Å². The highest BCUT2D eigenvalue weighted by Gasteiger charge is 2.34. The van der Waals surface area contributed by atoms with E-state index in [9.17, 15) is 18.4 Å². The molecule has 6 nitrogen and oxygen atoms in total. The minimum absolute atomic E-state index is 0.0161. The number of hydrogen-bond donors (Lipinski definition) is 0. The number of likely N-dealkylation sites (tertiary alicyclic amines) is 1. The zero-order chi connectivity index (χ0) is 14.9. The van der Waals surface area contributed by atoms with Crippen molar-refractivity contribution in [2.45, 2.75) is 37.3 Å². The SMILES string of the molecule is C[C@@H]1CCCCN1C(=O)c1ccc[n+]([O-])c1S(=O)(=O)Cl. The van der Waals surface area contributed by atoms with Crippen molar-refractivity contribution in [2.75, 3.05) is 6.54 Å². The minimum Gasteiger partial charge on any atom is -0.618 e. The number of nitrogens with zero attached hydrogens (tertiary/aromatic N) is 2. The Balaban J connectivity index is 2.47. The van der Waals surface area contributed by atoms with Crippen molar-refractivity contribution in [3.63, 3.8) is 0 Å². The first-order chi connectivity index (χ1) is 9.32. The highest BCUT2D eigenvalue weighted by molar-refractivity contribution is 8.13. The maximum absolute atomic E-state index is 12.5. The smallest absolute Gasteiger partial charge is 0.336 e. The van der Waals surface area contributed by atoms with Crippen LogP contribution in [0.1, 0.15) is 36.5 Å². The molecule has 8 heteroatoms. The Morgan fingerprint density at radius 2 is 2.20 bits per heavy atom. The first-order valence-corrected chi connectivity index (χ1v) is 8.61. The first-order valence-electron chi connectivity index (χ1n) is 6.30. The van der Waals surface area contributed by atoms with E-state index in [-0.39, 0.29) is 16.3 Å². The van der Waals surface area contributed by atoms with E-state index in [2.05, 4.69) is 0 Å². The molecule has 20 heavy (non-hydrogen) atoms. The highest BCUT2D eigenvalue weighted by atomic mass is 35.7. The lowest BCUT2D eigenvalue weighted by molar-refractivity contribution is -0.646. The molecule has 0 aliphatic carbocycles. The van der Waals surface area contributed by atoms with Gasteiger partial charge in [-0.15, -0.1) is 0 Å². The van der Waals surface area contributed by atoms with Gasteiger partial charge in [0.2, 0.25) is 0 Å². The fourth-order valence-electron chi connectivity index (χ4n) is 2.43. The van der Waals surface area contributed by atoms with Gasteiger partial charge in [0.25, 0.3) is 5.91 Å². The predicted octanol–water partition coefficient (Wildman–Crippen LogP) is 1.26. The van der Waals surface area contributed by atoms with Crippen molar-refractivity contribution in [1.29, 1.82) is 0 Å². The second kappa shape index (κ2) is 5.57. The summed E-state index contributed by atoms with van der Waals surface area (Å²) in [5, 5.41) is 10.9. The third kappa shape index (κ3) is 2.88. The number of piperidine rings is 1. The first kappa shape index (κ1) is 15.1. The molecule has 2 rings (SSSR count). The molecule has 1 atom stereocenters. The van der Waals surface area contributed by atoms with Crippen molar-refractivity contribution >= 4 is 25.6 Å². The summed E-state index contributed by atoms with van der Waals surface area (Å²) in [6.07, 6.45) is 3.76. The zero-order valence-electron chi connectivity index (χ0n) is 11.0. The van der Waals surface area contributed by atoms with E-state index >= 15 is 0 Å². The molecule has 2 heterocycles. The molecule has 0 bridgehead atoms. The second-order valence-corrected chi connectivity index (χ2v) is 7.32. The fourth-order valence-corrected chi connectivity index (χ4v) is 3.58. The molecular weight excluding hydrogens is 304 g/mol. The summed E-state index contributed by atoms with van der Waals surface area (Å²) in [4.78, 5) is 14.1. The summed E-state index contributed by atoms with van der Waals surface area (Å²) < 4.78 is 23.1. The molecule has 110 valence electrons. The van der Waals surface area contributed by atoms with E-state index < -0.39 is 20.0 Å². The van der Waals surface area contributed by atoms with Gasteiger partial charge in [-0.25, -0.2) is 8.42 Å². The summed E-state index contributed by atoms with van der Waals surface area (Å²) in [6.45, 7) is 2.45. The van der Waals surface area contributed by atoms with E-state index in [1.807, 2.05) is 6.92 Å². The lowest BCUT2D eigenvalue weighted by Crippen LogP contribution is -2.44. The number of carbonyl (C=O) groups is 1. The van der Waals surface area contributed by atoms with E-state index in [4.69, 9.17) is 10.7 Å². The van der Waals surface area contributed by atoms with Crippen LogP contribution in [0.5, 0.6) is 0 Å².